The van der Waals surface area contributed by atoms with E-state index in [-0.39, 0.29) is 34.2 Å². The van der Waals surface area contributed by atoms with E-state index >= 15 is 0 Å². The second kappa shape index (κ2) is 9.35. The Morgan fingerprint density at radius 3 is 1.41 bits per heavy atom. The molecule has 2 fully saturated rings. The third kappa shape index (κ3) is 5.95. The van der Waals surface area contributed by atoms with Crippen LogP contribution < -0.4 is 0 Å². The summed E-state index contributed by atoms with van der Waals surface area (Å²) in [5.74, 6) is 0. The SMILES string of the molecule is CC1(C)O[C@H]1CC[C@@]1(C)C=C(/C=C/C=C/C2=C[C@](C)(CC[C@H]3OC3(C)C)[C@@H](O)CC2)CC[C@@H]1O. The Bertz CT molecular complexity index is 806. The van der Waals surface area contributed by atoms with Gasteiger partial charge in [-0.25, -0.2) is 0 Å². The summed E-state index contributed by atoms with van der Waals surface area (Å²) in [5, 5.41) is 21.3. The molecule has 0 unspecified atom stereocenters. The Hall–Kier alpha value is -1.20. The largest absolute Gasteiger partial charge is 0.392 e. The van der Waals surface area contributed by atoms with Crippen LogP contribution in [0.2, 0.25) is 0 Å². The molecule has 34 heavy (non-hydrogen) atoms. The van der Waals surface area contributed by atoms with Gasteiger partial charge in [-0.15, -0.1) is 0 Å². The Kier molecular flexibility index (Phi) is 7.12. The summed E-state index contributed by atoms with van der Waals surface area (Å²) in [6, 6.07) is 0. The maximum Gasteiger partial charge on any atom is 0.0892 e. The number of hydrogen-bond acceptors (Lipinski definition) is 4. The molecule has 2 saturated heterocycles. The highest BCUT2D eigenvalue weighted by molar-refractivity contribution is 5.32. The van der Waals surface area contributed by atoms with Gasteiger partial charge in [-0.3, -0.25) is 0 Å². The van der Waals surface area contributed by atoms with Crippen LogP contribution in [-0.4, -0.2) is 45.8 Å². The number of ether oxygens (including phenoxy) is 2. The lowest BCUT2D eigenvalue weighted by Crippen LogP contribution is -2.34. The molecule has 190 valence electrons. The number of epoxide rings is 2. The molecule has 0 bridgehead atoms. The molecule has 0 amide bonds. The van der Waals surface area contributed by atoms with E-state index in [0.717, 1.165) is 51.4 Å². The molecule has 2 aliphatic carbocycles. The van der Waals surface area contributed by atoms with Gasteiger partial charge in [0.15, 0.2) is 0 Å². The van der Waals surface area contributed by atoms with Crippen molar-refractivity contribution in [1.82, 2.24) is 0 Å². The number of hydrogen-bond donors (Lipinski definition) is 2. The molecule has 4 rings (SSSR count). The third-order valence-electron chi connectivity index (χ3n) is 8.92. The van der Waals surface area contributed by atoms with Crippen LogP contribution in [0, 0.1) is 10.8 Å². The number of rotatable bonds is 9. The lowest BCUT2D eigenvalue weighted by atomic mass is 9.72. The van der Waals surface area contributed by atoms with E-state index in [9.17, 15) is 10.2 Å². The first-order valence-corrected chi connectivity index (χ1v) is 13.3. The number of allylic oxidation sites excluding steroid dienone is 6. The quantitative estimate of drug-likeness (QED) is 0.311. The molecule has 6 atom stereocenters. The van der Waals surface area contributed by atoms with Gasteiger partial charge in [-0.1, -0.05) is 61.4 Å². The molecule has 2 aliphatic heterocycles. The Labute approximate surface area is 206 Å². The normalized spacial score (nSPS) is 40.9. The minimum Gasteiger partial charge on any atom is -0.392 e. The summed E-state index contributed by atoms with van der Waals surface area (Å²) in [4.78, 5) is 0. The molecule has 0 saturated carbocycles. The second-order valence-corrected chi connectivity index (χ2v) is 12.8. The van der Waals surface area contributed by atoms with Crippen molar-refractivity contribution in [3.63, 3.8) is 0 Å². The van der Waals surface area contributed by atoms with Crippen molar-refractivity contribution < 1.29 is 19.7 Å². The van der Waals surface area contributed by atoms with E-state index in [4.69, 9.17) is 9.47 Å². The van der Waals surface area contributed by atoms with Crippen molar-refractivity contribution in [2.24, 2.45) is 10.8 Å². The minimum absolute atomic E-state index is 0.00934. The molecular formula is C30H46O4. The molecule has 4 heteroatoms. The zero-order valence-electron chi connectivity index (χ0n) is 22.1. The second-order valence-electron chi connectivity index (χ2n) is 12.8. The average molecular weight is 471 g/mol. The van der Waals surface area contributed by atoms with Crippen LogP contribution >= 0.6 is 0 Å². The molecular weight excluding hydrogens is 424 g/mol. The lowest BCUT2D eigenvalue weighted by molar-refractivity contribution is 0.0474. The molecule has 2 N–H and O–H groups in total. The van der Waals surface area contributed by atoms with Crippen molar-refractivity contribution in [3.05, 3.63) is 47.6 Å². The fourth-order valence-electron chi connectivity index (χ4n) is 5.91. The predicted molar refractivity (Wildman–Crippen MR) is 138 cm³/mol. The summed E-state index contributed by atoms with van der Waals surface area (Å²) in [6.45, 7) is 12.9. The number of aliphatic hydroxyl groups excluding tert-OH is 2. The van der Waals surface area contributed by atoms with Gasteiger partial charge in [0.2, 0.25) is 0 Å². The Balaban J connectivity index is 1.34. The van der Waals surface area contributed by atoms with Gasteiger partial charge in [0, 0.05) is 10.8 Å². The van der Waals surface area contributed by atoms with Crippen LogP contribution in [0.5, 0.6) is 0 Å². The van der Waals surface area contributed by atoms with E-state index in [1.165, 1.54) is 11.1 Å². The Morgan fingerprint density at radius 1 is 0.735 bits per heavy atom. The Morgan fingerprint density at radius 2 is 1.09 bits per heavy atom. The first kappa shape index (κ1) is 25.9. The third-order valence-corrected chi connectivity index (χ3v) is 8.92. The smallest absolute Gasteiger partial charge is 0.0892 e. The van der Waals surface area contributed by atoms with Crippen LogP contribution in [0.1, 0.15) is 92.9 Å². The molecule has 0 aromatic carbocycles. The van der Waals surface area contributed by atoms with E-state index in [2.05, 4.69) is 78.0 Å². The highest BCUT2D eigenvalue weighted by Gasteiger charge is 2.49. The van der Waals surface area contributed by atoms with Crippen molar-refractivity contribution in [2.45, 2.75) is 129 Å². The maximum absolute atomic E-state index is 10.7. The van der Waals surface area contributed by atoms with E-state index in [1.807, 2.05) is 0 Å². The topological polar surface area (TPSA) is 65.5 Å². The summed E-state index contributed by atoms with van der Waals surface area (Å²) in [7, 11) is 0. The fourth-order valence-corrected chi connectivity index (χ4v) is 5.91. The standard InChI is InChI=1S/C30H46O4/c1-27(2)25(33-27)15-17-29(5)19-21(11-13-23(29)31)9-7-8-10-22-12-14-24(32)30(6,20-22)18-16-26-28(3,4)34-26/h7-10,19-20,23-26,31-32H,11-18H2,1-6H3/b9-7+,10-8+/t23-,24-,25-,26+,29-,30-/m0/s1. The van der Waals surface area contributed by atoms with Crippen LogP contribution in [0.25, 0.3) is 0 Å². The van der Waals surface area contributed by atoms with Gasteiger partial charge in [0.05, 0.1) is 35.6 Å². The highest BCUT2D eigenvalue weighted by Crippen LogP contribution is 2.46. The van der Waals surface area contributed by atoms with Crippen molar-refractivity contribution in [2.75, 3.05) is 0 Å². The first-order valence-electron chi connectivity index (χ1n) is 13.3. The van der Waals surface area contributed by atoms with Crippen molar-refractivity contribution in [1.29, 1.82) is 0 Å². The molecule has 0 radical (unpaired) electrons. The average Bonchev–Trinajstić information content (AvgIpc) is 3.60. The van der Waals surface area contributed by atoms with E-state index < -0.39 is 0 Å². The highest BCUT2D eigenvalue weighted by atomic mass is 16.6. The van der Waals surface area contributed by atoms with Crippen LogP contribution in [0.3, 0.4) is 0 Å². The molecule has 0 aromatic rings. The zero-order valence-corrected chi connectivity index (χ0v) is 22.1. The molecule has 4 aliphatic rings. The summed E-state index contributed by atoms with van der Waals surface area (Å²) in [5.41, 5.74) is 2.25. The summed E-state index contributed by atoms with van der Waals surface area (Å²) < 4.78 is 11.5. The van der Waals surface area contributed by atoms with Crippen LogP contribution in [-0.2, 0) is 9.47 Å². The van der Waals surface area contributed by atoms with Crippen LogP contribution in [0.15, 0.2) is 47.6 Å². The molecule has 0 spiro atoms. The monoisotopic (exact) mass is 470 g/mol. The van der Waals surface area contributed by atoms with Gasteiger partial charge in [-0.05, 0) is 79.1 Å². The van der Waals surface area contributed by atoms with Gasteiger partial charge in [0.1, 0.15) is 0 Å². The van der Waals surface area contributed by atoms with E-state index in [1.54, 1.807) is 0 Å². The fraction of sp³-hybridized carbons (Fsp3) is 0.733. The summed E-state index contributed by atoms with van der Waals surface area (Å²) >= 11 is 0. The van der Waals surface area contributed by atoms with E-state index in [0.29, 0.717) is 12.2 Å². The van der Waals surface area contributed by atoms with Crippen LogP contribution in [0.4, 0.5) is 0 Å². The minimum atomic E-state index is -0.287. The van der Waals surface area contributed by atoms with Gasteiger partial charge < -0.3 is 19.7 Å². The lowest BCUT2D eigenvalue weighted by Gasteiger charge is -2.36. The van der Waals surface area contributed by atoms with Gasteiger partial charge in [0.25, 0.3) is 0 Å². The zero-order chi connectivity index (χ0) is 24.8. The van der Waals surface area contributed by atoms with Gasteiger partial charge in [-0.2, -0.15) is 0 Å². The van der Waals surface area contributed by atoms with Gasteiger partial charge >= 0.3 is 0 Å². The number of aliphatic hydroxyl groups is 2. The van der Waals surface area contributed by atoms with Crippen molar-refractivity contribution >= 4 is 0 Å². The molecule has 4 nitrogen and oxygen atoms in total. The molecule has 0 aromatic heterocycles. The first-order chi connectivity index (χ1) is 15.8. The predicted octanol–water partition coefficient (Wildman–Crippen LogP) is 6.19. The molecule has 2 heterocycles. The maximum atomic E-state index is 10.7. The summed E-state index contributed by atoms with van der Waals surface area (Å²) in [6.07, 6.45) is 20.6. The van der Waals surface area contributed by atoms with Crippen molar-refractivity contribution in [3.8, 4) is 0 Å².